The zero-order chi connectivity index (χ0) is 21.5. The third kappa shape index (κ3) is 6.97. The predicted octanol–water partition coefficient (Wildman–Crippen LogP) is 6.56. The van der Waals surface area contributed by atoms with Gasteiger partial charge < -0.3 is 9.80 Å². The van der Waals surface area contributed by atoms with Gasteiger partial charge in [0.1, 0.15) is 0 Å². The van der Waals surface area contributed by atoms with Gasteiger partial charge in [0, 0.05) is 29.0 Å². The number of carbonyl (C=O) groups is 1. The smallest absolute Gasteiger partial charge is 0.219 e. The highest BCUT2D eigenvalue weighted by Gasteiger charge is 2.26. The number of carbonyl (C=O) groups excluding carboxylic acids is 1. The van der Waals surface area contributed by atoms with E-state index < -0.39 is 0 Å². The lowest BCUT2D eigenvalue weighted by Gasteiger charge is -2.36. The van der Waals surface area contributed by atoms with E-state index in [1.54, 1.807) is 6.92 Å². The molecule has 0 atom stereocenters. The van der Waals surface area contributed by atoms with E-state index in [4.69, 9.17) is 11.6 Å². The summed E-state index contributed by atoms with van der Waals surface area (Å²) in [6.45, 7) is 8.40. The highest BCUT2D eigenvalue weighted by Crippen LogP contribution is 2.31. The van der Waals surface area contributed by atoms with Crippen LogP contribution in [0.2, 0.25) is 5.02 Å². The Labute approximate surface area is 196 Å². The van der Waals surface area contributed by atoms with Crippen LogP contribution < -0.4 is 0 Å². The van der Waals surface area contributed by atoms with Gasteiger partial charge in [-0.05, 0) is 120 Å². The van der Waals surface area contributed by atoms with Crippen LogP contribution in [-0.4, -0.2) is 47.9 Å². The molecule has 1 aromatic carbocycles. The lowest BCUT2D eigenvalue weighted by Crippen LogP contribution is -2.41. The molecule has 0 bridgehead atoms. The zero-order valence-corrected chi connectivity index (χ0v) is 21.1. The Bertz CT molecular complexity index is 682. The first-order valence-electron chi connectivity index (χ1n) is 11.9. The molecule has 3 rings (SSSR count). The van der Waals surface area contributed by atoms with Gasteiger partial charge in [0.25, 0.3) is 0 Å². The maximum Gasteiger partial charge on any atom is 0.219 e. The average molecular weight is 498 g/mol. The summed E-state index contributed by atoms with van der Waals surface area (Å²) in [6, 6.07) is 6.62. The first-order valence-corrected chi connectivity index (χ1v) is 13.1. The molecule has 3 nitrogen and oxygen atoms in total. The molecule has 1 aliphatic carbocycles. The van der Waals surface area contributed by atoms with Crippen LogP contribution in [0.15, 0.2) is 22.7 Å². The maximum absolute atomic E-state index is 11.8. The fraction of sp³-hybridized carbons (Fsp3) is 0.720. The van der Waals surface area contributed by atoms with Crippen LogP contribution in [0.4, 0.5) is 0 Å². The lowest BCUT2D eigenvalue weighted by molar-refractivity contribution is -0.131. The van der Waals surface area contributed by atoms with Crippen LogP contribution in [0.25, 0.3) is 0 Å². The van der Waals surface area contributed by atoms with E-state index in [1.807, 2.05) is 6.07 Å². The van der Waals surface area contributed by atoms with Crippen molar-refractivity contribution in [2.75, 3.05) is 26.2 Å². The Morgan fingerprint density at radius 1 is 1.13 bits per heavy atom. The number of amides is 1. The van der Waals surface area contributed by atoms with Gasteiger partial charge in [-0.25, -0.2) is 0 Å². The fourth-order valence-corrected chi connectivity index (χ4v) is 6.11. The summed E-state index contributed by atoms with van der Waals surface area (Å²) < 4.78 is 1.19. The number of rotatable bonds is 8. The molecule has 1 heterocycles. The van der Waals surface area contributed by atoms with Crippen LogP contribution in [0.1, 0.15) is 70.8 Å². The monoisotopic (exact) mass is 496 g/mol. The van der Waals surface area contributed by atoms with Gasteiger partial charge in [0.05, 0.1) is 0 Å². The molecule has 0 spiro atoms. The second kappa shape index (κ2) is 11.9. The molecule has 0 N–H and O–H groups in total. The van der Waals surface area contributed by atoms with Crippen molar-refractivity contribution in [3.05, 3.63) is 33.3 Å². The van der Waals surface area contributed by atoms with Gasteiger partial charge in [-0.15, -0.1) is 0 Å². The van der Waals surface area contributed by atoms with Gasteiger partial charge >= 0.3 is 0 Å². The summed E-state index contributed by atoms with van der Waals surface area (Å²) >= 11 is 9.85. The van der Waals surface area contributed by atoms with Crippen molar-refractivity contribution in [3.63, 3.8) is 0 Å². The van der Waals surface area contributed by atoms with Crippen molar-refractivity contribution in [2.24, 2.45) is 11.8 Å². The van der Waals surface area contributed by atoms with Crippen LogP contribution in [0.5, 0.6) is 0 Å². The number of nitrogens with zero attached hydrogens (tertiary/aromatic N) is 2. The molecule has 168 valence electrons. The molecule has 2 fully saturated rings. The summed E-state index contributed by atoms with van der Waals surface area (Å²) in [5.74, 6) is 1.88. The number of halogens is 2. The third-order valence-corrected chi connectivity index (χ3v) is 8.32. The minimum Gasteiger partial charge on any atom is -0.340 e. The molecule has 1 amide bonds. The summed E-state index contributed by atoms with van der Waals surface area (Å²) in [7, 11) is 0. The average Bonchev–Trinajstić information content (AvgIpc) is 2.73. The van der Waals surface area contributed by atoms with Gasteiger partial charge in [-0.2, -0.15) is 0 Å². The first kappa shape index (κ1) is 24.1. The van der Waals surface area contributed by atoms with Crippen LogP contribution >= 0.6 is 27.5 Å². The molecule has 2 aliphatic rings. The Hall–Kier alpha value is -0.580. The minimum atomic E-state index is 0.243. The van der Waals surface area contributed by atoms with Crippen molar-refractivity contribution >= 4 is 33.4 Å². The first-order chi connectivity index (χ1) is 14.5. The zero-order valence-electron chi connectivity index (χ0n) is 18.7. The molecule has 0 unspecified atom stereocenters. The summed E-state index contributed by atoms with van der Waals surface area (Å²) in [6.07, 6.45) is 11.4. The van der Waals surface area contributed by atoms with E-state index in [1.165, 1.54) is 81.0 Å². The van der Waals surface area contributed by atoms with E-state index >= 15 is 0 Å². The molecular weight excluding hydrogens is 460 g/mol. The highest BCUT2D eigenvalue weighted by molar-refractivity contribution is 9.10. The van der Waals surface area contributed by atoms with Crippen molar-refractivity contribution in [3.8, 4) is 0 Å². The van der Waals surface area contributed by atoms with E-state index in [2.05, 4.69) is 44.8 Å². The van der Waals surface area contributed by atoms with Gasteiger partial charge in [-0.1, -0.05) is 27.5 Å². The number of likely N-dealkylation sites (tertiary alicyclic amines) is 1. The molecular formula is C25H38BrClN2O. The standard InChI is InChI=1S/C25H38BrClN2O/c1-3-29(19(2)30)24-9-6-20(7-10-24)5-4-14-28-15-12-21(13-16-28)17-22-18-23(27)8-11-25(22)26/h8,11,18,20-21,24H,3-7,9-10,12-17H2,1-2H3/t20-,24-. The number of hydrogen-bond donors (Lipinski definition) is 0. The minimum absolute atomic E-state index is 0.243. The number of piperidine rings is 1. The second-order valence-electron chi connectivity index (χ2n) is 9.35. The normalized spacial score (nSPS) is 23.5. The summed E-state index contributed by atoms with van der Waals surface area (Å²) in [5.41, 5.74) is 1.35. The molecule has 1 aromatic rings. The molecule has 1 aliphatic heterocycles. The SMILES string of the molecule is CCN(C(C)=O)[C@H]1CC[C@H](CCCN2CCC(Cc3cc(Cl)ccc3Br)CC2)CC1. The summed E-state index contributed by atoms with van der Waals surface area (Å²) in [4.78, 5) is 16.5. The molecule has 1 saturated carbocycles. The molecule has 0 aromatic heterocycles. The Morgan fingerprint density at radius 3 is 2.47 bits per heavy atom. The van der Waals surface area contributed by atoms with E-state index in [0.29, 0.717) is 6.04 Å². The quantitative estimate of drug-likeness (QED) is 0.406. The van der Waals surface area contributed by atoms with E-state index in [9.17, 15) is 4.79 Å². The lowest BCUT2D eigenvalue weighted by atomic mass is 9.82. The topological polar surface area (TPSA) is 23.6 Å². The highest BCUT2D eigenvalue weighted by atomic mass is 79.9. The van der Waals surface area contributed by atoms with Crippen LogP contribution in [0, 0.1) is 11.8 Å². The summed E-state index contributed by atoms with van der Waals surface area (Å²) in [5, 5.41) is 0.836. The molecule has 5 heteroatoms. The maximum atomic E-state index is 11.8. The van der Waals surface area contributed by atoms with Crippen molar-refractivity contribution in [1.29, 1.82) is 0 Å². The van der Waals surface area contributed by atoms with Crippen LogP contribution in [0.3, 0.4) is 0 Å². The molecule has 1 saturated heterocycles. The number of hydrogen-bond acceptors (Lipinski definition) is 2. The van der Waals surface area contributed by atoms with Crippen molar-refractivity contribution in [2.45, 2.75) is 77.7 Å². The third-order valence-electron chi connectivity index (χ3n) is 7.31. The predicted molar refractivity (Wildman–Crippen MR) is 130 cm³/mol. The Kier molecular flexibility index (Phi) is 9.53. The van der Waals surface area contributed by atoms with Crippen LogP contribution in [-0.2, 0) is 11.2 Å². The van der Waals surface area contributed by atoms with E-state index in [0.717, 1.165) is 29.8 Å². The van der Waals surface area contributed by atoms with Gasteiger partial charge in [-0.3, -0.25) is 4.79 Å². The largest absolute Gasteiger partial charge is 0.340 e. The Balaban J connectivity index is 1.31. The van der Waals surface area contributed by atoms with E-state index in [-0.39, 0.29) is 5.91 Å². The fourth-order valence-electron chi connectivity index (χ4n) is 5.51. The second-order valence-corrected chi connectivity index (χ2v) is 10.6. The van der Waals surface area contributed by atoms with Crippen molar-refractivity contribution < 1.29 is 4.79 Å². The molecule has 30 heavy (non-hydrogen) atoms. The number of benzene rings is 1. The van der Waals surface area contributed by atoms with Gasteiger partial charge in [0.2, 0.25) is 5.91 Å². The molecule has 0 radical (unpaired) electrons. The van der Waals surface area contributed by atoms with Crippen molar-refractivity contribution in [1.82, 2.24) is 9.80 Å². The Morgan fingerprint density at radius 2 is 1.83 bits per heavy atom. The van der Waals surface area contributed by atoms with Gasteiger partial charge in [0.15, 0.2) is 0 Å².